The number of aliphatic hydroxyl groups is 1. The van der Waals surface area contributed by atoms with Crippen LogP contribution in [0.25, 0.3) is 0 Å². The third kappa shape index (κ3) is 5.52. The van der Waals surface area contributed by atoms with Crippen LogP contribution < -0.4 is 0 Å². The molecule has 2 rings (SSSR count). The highest BCUT2D eigenvalue weighted by Crippen LogP contribution is 2.19. The summed E-state index contributed by atoms with van der Waals surface area (Å²) in [6, 6.07) is 9.78. The highest BCUT2D eigenvalue weighted by atomic mass is 16.6. The predicted molar refractivity (Wildman–Crippen MR) is 88.3 cm³/mol. The van der Waals surface area contributed by atoms with Gasteiger partial charge >= 0.3 is 6.09 Å². The molecule has 0 aliphatic carbocycles. The zero-order valence-corrected chi connectivity index (χ0v) is 14.4. The summed E-state index contributed by atoms with van der Waals surface area (Å²) in [5.41, 5.74) is 0.516. The molecular formula is C18H27NO4. The second kappa shape index (κ2) is 7.32. The Hall–Kier alpha value is -1.59. The molecule has 1 fully saturated rings. The number of hydrogen-bond acceptors (Lipinski definition) is 4. The fourth-order valence-corrected chi connectivity index (χ4v) is 2.66. The monoisotopic (exact) mass is 321 g/mol. The Morgan fingerprint density at radius 1 is 1.35 bits per heavy atom. The third-order valence-corrected chi connectivity index (χ3v) is 3.65. The van der Waals surface area contributed by atoms with Crippen LogP contribution in [0.4, 0.5) is 4.79 Å². The van der Waals surface area contributed by atoms with Gasteiger partial charge in [-0.25, -0.2) is 4.79 Å². The summed E-state index contributed by atoms with van der Waals surface area (Å²) in [7, 11) is 0. The van der Waals surface area contributed by atoms with Crippen LogP contribution in [0.1, 0.15) is 33.3 Å². The van der Waals surface area contributed by atoms with Crippen molar-refractivity contribution in [3.05, 3.63) is 35.9 Å². The Morgan fingerprint density at radius 3 is 2.61 bits per heavy atom. The van der Waals surface area contributed by atoms with E-state index in [0.717, 1.165) is 5.56 Å². The van der Waals surface area contributed by atoms with E-state index in [1.54, 1.807) is 4.90 Å². The number of rotatable bonds is 3. The van der Waals surface area contributed by atoms with E-state index in [1.165, 1.54) is 0 Å². The van der Waals surface area contributed by atoms with E-state index >= 15 is 0 Å². The van der Waals surface area contributed by atoms with Crippen LogP contribution >= 0.6 is 0 Å². The molecule has 1 aromatic rings. The number of benzene rings is 1. The molecule has 23 heavy (non-hydrogen) atoms. The zero-order valence-electron chi connectivity index (χ0n) is 14.4. The summed E-state index contributed by atoms with van der Waals surface area (Å²) in [5.74, 6) is 0. The van der Waals surface area contributed by atoms with Crippen LogP contribution in [0.2, 0.25) is 0 Å². The van der Waals surface area contributed by atoms with Gasteiger partial charge in [-0.3, -0.25) is 0 Å². The molecule has 0 bridgehead atoms. The first-order valence-corrected chi connectivity index (χ1v) is 8.10. The van der Waals surface area contributed by atoms with Gasteiger partial charge in [0.05, 0.1) is 25.3 Å². The van der Waals surface area contributed by atoms with Crippen LogP contribution in [0.5, 0.6) is 0 Å². The van der Waals surface area contributed by atoms with Gasteiger partial charge in [0.25, 0.3) is 0 Å². The lowest BCUT2D eigenvalue weighted by Crippen LogP contribution is -2.54. The minimum atomic E-state index is -0.662. The standard InChI is InChI=1S/C18H27NO4/c1-13-11-19(17(21)23-18(2,3)4)12-16(22-13)15(20)10-14-8-6-5-7-9-14/h5-9,13,15-16,20H,10-12H2,1-4H3/t13?,15-,16?/m1/s1. The van der Waals surface area contributed by atoms with Crippen molar-refractivity contribution in [1.82, 2.24) is 4.90 Å². The second-order valence-electron chi connectivity index (χ2n) is 7.13. The van der Waals surface area contributed by atoms with Gasteiger partial charge in [0.2, 0.25) is 0 Å². The molecule has 1 amide bonds. The van der Waals surface area contributed by atoms with Crippen molar-refractivity contribution < 1.29 is 19.4 Å². The Morgan fingerprint density at radius 2 is 2.00 bits per heavy atom. The molecule has 2 unspecified atom stereocenters. The predicted octanol–water partition coefficient (Wildman–Crippen LogP) is 2.61. The summed E-state index contributed by atoms with van der Waals surface area (Å²) in [6.45, 7) is 8.25. The number of amides is 1. The molecule has 1 saturated heterocycles. The van der Waals surface area contributed by atoms with Gasteiger partial charge in [0.1, 0.15) is 11.7 Å². The van der Waals surface area contributed by atoms with E-state index in [4.69, 9.17) is 9.47 Å². The largest absolute Gasteiger partial charge is 0.444 e. The van der Waals surface area contributed by atoms with Crippen molar-refractivity contribution in [2.45, 2.75) is 58.0 Å². The van der Waals surface area contributed by atoms with Crippen LogP contribution in [0, 0.1) is 0 Å². The molecule has 0 aromatic heterocycles. The highest BCUT2D eigenvalue weighted by molar-refractivity contribution is 5.68. The van der Waals surface area contributed by atoms with Crippen molar-refractivity contribution >= 4 is 6.09 Å². The van der Waals surface area contributed by atoms with Gasteiger partial charge in [0, 0.05) is 6.42 Å². The van der Waals surface area contributed by atoms with Crippen molar-refractivity contribution in [2.75, 3.05) is 13.1 Å². The first-order valence-electron chi connectivity index (χ1n) is 8.10. The van der Waals surface area contributed by atoms with Gasteiger partial charge in [-0.15, -0.1) is 0 Å². The van der Waals surface area contributed by atoms with Crippen molar-refractivity contribution in [3.63, 3.8) is 0 Å². The summed E-state index contributed by atoms with van der Waals surface area (Å²) in [6.07, 6.45) is -1.06. The van der Waals surface area contributed by atoms with Crippen LogP contribution in [0.3, 0.4) is 0 Å². The maximum Gasteiger partial charge on any atom is 0.410 e. The van der Waals surface area contributed by atoms with E-state index in [-0.39, 0.29) is 12.2 Å². The molecule has 3 atom stereocenters. The number of aliphatic hydroxyl groups excluding tert-OH is 1. The molecule has 1 aromatic carbocycles. The molecule has 0 radical (unpaired) electrons. The molecule has 128 valence electrons. The molecule has 5 heteroatoms. The van der Waals surface area contributed by atoms with E-state index < -0.39 is 17.8 Å². The smallest absolute Gasteiger partial charge is 0.410 e. The first-order chi connectivity index (χ1) is 10.7. The highest BCUT2D eigenvalue weighted by Gasteiger charge is 2.34. The fraction of sp³-hybridized carbons (Fsp3) is 0.611. The lowest BCUT2D eigenvalue weighted by atomic mass is 10.0. The fourth-order valence-electron chi connectivity index (χ4n) is 2.66. The van der Waals surface area contributed by atoms with Crippen molar-refractivity contribution in [2.24, 2.45) is 0 Å². The van der Waals surface area contributed by atoms with Crippen molar-refractivity contribution in [1.29, 1.82) is 0 Å². The number of carbonyl (C=O) groups excluding carboxylic acids is 1. The average molecular weight is 321 g/mol. The number of hydrogen-bond donors (Lipinski definition) is 1. The van der Waals surface area contributed by atoms with Crippen LogP contribution in [0.15, 0.2) is 30.3 Å². The minimum absolute atomic E-state index is 0.133. The Kier molecular flexibility index (Phi) is 5.65. The van der Waals surface area contributed by atoms with Crippen molar-refractivity contribution in [3.8, 4) is 0 Å². The van der Waals surface area contributed by atoms with Gasteiger partial charge in [-0.05, 0) is 33.3 Å². The van der Waals surface area contributed by atoms with Crippen LogP contribution in [-0.2, 0) is 15.9 Å². The molecular weight excluding hydrogens is 294 g/mol. The number of nitrogens with zero attached hydrogens (tertiary/aromatic N) is 1. The van der Waals surface area contributed by atoms with E-state index in [2.05, 4.69) is 0 Å². The number of ether oxygens (including phenoxy) is 2. The molecule has 0 spiro atoms. The van der Waals surface area contributed by atoms with E-state index in [1.807, 2.05) is 58.0 Å². The van der Waals surface area contributed by atoms with Gasteiger partial charge in [0.15, 0.2) is 0 Å². The summed E-state index contributed by atoms with van der Waals surface area (Å²) in [5, 5.41) is 10.5. The molecule has 1 aliphatic heterocycles. The molecule has 0 saturated carbocycles. The minimum Gasteiger partial charge on any atom is -0.444 e. The Balaban J connectivity index is 1.98. The molecule has 1 heterocycles. The zero-order chi connectivity index (χ0) is 17.0. The average Bonchev–Trinajstić information content (AvgIpc) is 2.46. The van der Waals surface area contributed by atoms with Gasteiger partial charge < -0.3 is 19.5 Å². The first kappa shape index (κ1) is 17.8. The van der Waals surface area contributed by atoms with Gasteiger partial charge in [-0.2, -0.15) is 0 Å². The van der Waals surface area contributed by atoms with E-state index in [9.17, 15) is 9.90 Å². The quantitative estimate of drug-likeness (QED) is 0.930. The maximum atomic E-state index is 12.3. The Bertz CT molecular complexity index is 512. The maximum absolute atomic E-state index is 12.3. The third-order valence-electron chi connectivity index (χ3n) is 3.65. The van der Waals surface area contributed by atoms with Crippen LogP contribution in [-0.4, -0.2) is 53.1 Å². The number of carbonyl (C=O) groups is 1. The summed E-state index contributed by atoms with van der Waals surface area (Å²) >= 11 is 0. The summed E-state index contributed by atoms with van der Waals surface area (Å²) in [4.78, 5) is 13.9. The van der Waals surface area contributed by atoms with Gasteiger partial charge in [-0.1, -0.05) is 30.3 Å². The molecule has 5 nitrogen and oxygen atoms in total. The molecule has 1 aliphatic rings. The summed E-state index contributed by atoms with van der Waals surface area (Å²) < 4.78 is 11.3. The second-order valence-corrected chi connectivity index (χ2v) is 7.13. The number of morpholine rings is 1. The SMILES string of the molecule is CC1CN(C(=O)OC(C)(C)C)CC([C@H](O)Cc2ccccc2)O1. The Labute approximate surface area is 138 Å². The van der Waals surface area contributed by atoms with E-state index in [0.29, 0.717) is 19.5 Å². The lowest BCUT2D eigenvalue weighted by Gasteiger charge is -2.39. The lowest BCUT2D eigenvalue weighted by molar-refractivity contribution is -0.122. The topological polar surface area (TPSA) is 59.0 Å². The molecule has 1 N–H and O–H groups in total. The normalized spacial score (nSPS) is 23.4.